The number of hydrogen-bond acceptors (Lipinski definition) is 4. The van der Waals surface area contributed by atoms with E-state index >= 15 is 0 Å². The fourth-order valence-electron chi connectivity index (χ4n) is 3.84. The topological polar surface area (TPSA) is 78.5 Å². The molecule has 6 nitrogen and oxygen atoms in total. The van der Waals surface area contributed by atoms with Gasteiger partial charge in [-0.25, -0.2) is 12.8 Å². The number of carbonyl (C=O) groups excluding carboxylic acids is 1. The summed E-state index contributed by atoms with van der Waals surface area (Å²) in [6.07, 6.45) is 1.49. The molecule has 1 unspecified atom stereocenters. The lowest BCUT2D eigenvalue weighted by Gasteiger charge is -2.17. The number of anilines is 2. The van der Waals surface area contributed by atoms with Gasteiger partial charge in [-0.05, 0) is 67.8 Å². The van der Waals surface area contributed by atoms with E-state index in [0.29, 0.717) is 18.8 Å². The molecule has 3 aromatic carbocycles. The Hall–Kier alpha value is -3.23. The second kappa shape index (κ2) is 9.72. The van der Waals surface area contributed by atoms with E-state index in [1.165, 1.54) is 10.4 Å². The van der Waals surface area contributed by atoms with Crippen molar-refractivity contribution in [1.29, 1.82) is 0 Å². The number of nitrogens with one attached hydrogen (secondary N) is 2. The first-order valence-electron chi connectivity index (χ1n) is 10.9. The Balaban J connectivity index is 1.45. The van der Waals surface area contributed by atoms with Crippen molar-refractivity contribution in [1.82, 2.24) is 4.31 Å². The molecule has 1 heterocycles. The second-order valence-electron chi connectivity index (χ2n) is 8.06. The molecule has 0 bridgehead atoms. The van der Waals surface area contributed by atoms with Gasteiger partial charge in [-0.15, -0.1) is 0 Å². The third-order valence-corrected chi connectivity index (χ3v) is 7.62. The number of halogens is 1. The highest BCUT2D eigenvalue weighted by Gasteiger charge is 2.30. The standard InChI is InChI=1S/C25H26FN3O3S/c1-18(19-7-3-2-4-8-19)27-21-10-12-22(13-11-21)28-25(30)20-9-14-23(26)24(17-20)33(31,32)29-15-5-6-16-29/h2-4,7-14,17-18,27H,5-6,15-16H2,1H3,(H,28,30). The summed E-state index contributed by atoms with van der Waals surface area (Å²) in [4.78, 5) is 12.2. The lowest BCUT2D eigenvalue weighted by atomic mass is 10.1. The fourth-order valence-corrected chi connectivity index (χ4v) is 5.45. The lowest BCUT2D eigenvalue weighted by molar-refractivity contribution is 0.102. The predicted molar refractivity (Wildman–Crippen MR) is 127 cm³/mol. The first-order chi connectivity index (χ1) is 15.8. The number of carbonyl (C=O) groups is 1. The average molecular weight is 468 g/mol. The Labute approximate surface area is 193 Å². The SMILES string of the molecule is CC(Nc1ccc(NC(=O)c2ccc(F)c(S(=O)(=O)N3CCCC3)c2)cc1)c1ccccc1. The largest absolute Gasteiger partial charge is 0.379 e. The van der Waals surface area contributed by atoms with Gasteiger partial charge in [0.25, 0.3) is 5.91 Å². The maximum Gasteiger partial charge on any atom is 0.255 e. The summed E-state index contributed by atoms with van der Waals surface area (Å²) in [5.74, 6) is -1.37. The first-order valence-corrected chi connectivity index (χ1v) is 12.3. The number of rotatable bonds is 7. The Morgan fingerprint density at radius 2 is 1.58 bits per heavy atom. The summed E-state index contributed by atoms with van der Waals surface area (Å²) < 4.78 is 41.1. The van der Waals surface area contributed by atoms with Gasteiger partial charge in [-0.2, -0.15) is 4.31 Å². The van der Waals surface area contributed by atoms with Gasteiger partial charge in [0.1, 0.15) is 10.7 Å². The van der Waals surface area contributed by atoms with Crippen molar-refractivity contribution in [3.63, 3.8) is 0 Å². The molecule has 1 saturated heterocycles. The van der Waals surface area contributed by atoms with Crippen LogP contribution in [0.25, 0.3) is 0 Å². The molecule has 1 aliphatic heterocycles. The van der Waals surface area contributed by atoms with Gasteiger partial charge >= 0.3 is 0 Å². The molecule has 172 valence electrons. The molecule has 4 rings (SSSR count). The van der Waals surface area contributed by atoms with Crippen LogP contribution in [0, 0.1) is 5.82 Å². The van der Waals surface area contributed by atoms with E-state index in [1.54, 1.807) is 12.1 Å². The molecule has 3 aromatic rings. The molecule has 2 N–H and O–H groups in total. The number of hydrogen-bond donors (Lipinski definition) is 2. The van der Waals surface area contributed by atoms with Crippen molar-refractivity contribution in [2.45, 2.75) is 30.7 Å². The van der Waals surface area contributed by atoms with Crippen LogP contribution in [0.2, 0.25) is 0 Å². The van der Waals surface area contributed by atoms with Crippen LogP contribution in [0.3, 0.4) is 0 Å². The van der Waals surface area contributed by atoms with Crippen molar-refractivity contribution in [3.8, 4) is 0 Å². The van der Waals surface area contributed by atoms with Crippen LogP contribution in [0.5, 0.6) is 0 Å². The second-order valence-corrected chi connectivity index (χ2v) is 9.97. The minimum Gasteiger partial charge on any atom is -0.379 e. The molecular formula is C25H26FN3O3S. The van der Waals surface area contributed by atoms with Gasteiger partial charge in [0.2, 0.25) is 10.0 Å². The van der Waals surface area contributed by atoms with Crippen molar-refractivity contribution < 1.29 is 17.6 Å². The highest BCUT2D eigenvalue weighted by molar-refractivity contribution is 7.89. The van der Waals surface area contributed by atoms with Crippen LogP contribution >= 0.6 is 0 Å². The molecule has 0 spiro atoms. The monoisotopic (exact) mass is 467 g/mol. The van der Waals surface area contributed by atoms with Crippen LogP contribution in [-0.2, 0) is 10.0 Å². The molecular weight excluding hydrogens is 441 g/mol. The lowest BCUT2D eigenvalue weighted by Crippen LogP contribution is -2.29. The van der Waals surface area contributed by atoms with Crippen molar-refractivity contribution >= 4 is 27.3 Å². The normalized spacial score (nSPS) is 15.2. The third kappa shape index (κ3) is 5.23. The Morgan fingerprint density at radius 3 is 2.24 bits per heavy atom. The average Bonchev–Trinajstić information content (AvgIpc) is 3.37. The van der Waals surface area contributed by atoms with Gasteiger partial charge in [-0.3, -0.25) is 4.79 Å². The summed E-state index contributed by atoms with van der Waals surface area (Å²) in [5.41, 5.74) is 2.68. The van der Waals surface area contributed by atoms with E-state index in [1.807, 2.05) is 42.5 Å². The van der Waals surface area contributed by atoms with E-state index in [-0.39, 0.29) is 11.6 Å². The number of benzene rings is 3. The molecule has 1 amide bonds. The summed E-state index contributed by atoms with van der Waals surface area (Å²) in [6.45, 7) is 2.79. The molecule has 0 radical (unpaired) electrons. The number of nitrogens with zero attached hydrogens (tertiary/aromatic N) is 1. The Kier molecular flexibility index (Phi) is 6.76. The maximum atomic E-state index is 14.3. The van der Waals surface area contributed by atoms with Gasteiger partial charge in [0, 0.05) is 36.1 Å². The minimum atomic E-state index is -3.97. The third-order valence-electron chi connectivity index (χ3n) is 5.70. The smallest absolute Gasteiger partial charge is 0.255 e. The Bertz CT molecular complexity index is 1230. The highest BCUT2D eigenvalue weighted by atomic mass is 32.2. The van der Waals surface area contributed by atoms with Crippen molar-refractivity contribution in [2.75, 3.05) is 23.7 Å². The van der Waals surface area contributed by atoms with Crippen LogP contribution < -0.4 is 10.6 Å². The molecule has 1 aliphatic rings. The first kappa shape index (κ1) is 22.9. The molecule has 0 aliphatic carbocycles. The fraction of sp³-hybridized carbons (Fsp3) is 0.240. The van der Waals surface area contributed by atoms with E-state index in [0.717, 1.165) is 36.2 Å². The molecule has 0 aromatic heterocycles. The molecule has 8 heteroatoms. The predicted octanol–water partition coefficient (Wildman–Crippen LogP) is 5.04. The number of amides is 1. The van der Waals surface area contributed by atoms with Crippen LogP contribution in [0.15, 0.2) is 77.7 Å². The van der Waals surface area contributed by atoms with Crippen LogP contribution in [0.4, 0.5) is 15.8 Å². The molecule has 1 atom stereocenters. The van der Waals surface area contributed by atoms with Gasteiger partial charge in [0.15, 0.2) is 0 Å². The van der Waals surface area contributed by atoms with E-state index in [4.69, 9.17) is 0 Å². The zero-order valence-corrected chi connectivity index (χ0v) is 19.1. The van der Waals surface area contributed by atoms with Gasteiger partial charge in [-0.1, -0.05) is 30.3 Å². The minimum absolute atomic E-state index is 0.0778. The van der Waals surface area contributed by atoms with Gasteiger partial charge < -0.3 is 10.6 Å². The summed E-state index contributed by atoms with van der Waals surface area (Å²) >= 11 is 0. The summed E-state index contributed by atoms with van der Waals surface area (Å²) in [7, 11) is -3.97. The quantitative estimate of drug-likeness (QED) is 0.511. The van der Waals surface area contributed by atoms with Crippen molar-refractivity contribution in [3.05, 3.63) is 89.7 Å². The Morgan fingerprint density at radius 1 is 0.939 bits per heavy atom. The molecule has 33 heavy (non-hydrogen) atoms. The summed E-state index contributed by atoms with van der Waals surface area (Å²) in [5, 5.41) is 6.14. The van der Waals surface area contributed by atoms with Gasteiger partial charge in [0.05, 0.1) is 0 Å². The van der Waals surface area contributed by atoms with Crippen molar-refractivity contribution in [2.24, 2.45) is 0 Å². The van der Waals surface area contributed by atoms with Crippen LogP contribution in [-0.4, -0.2) is 31.7 Å². The highest BCUT2D eigenvalue weighted by Crippen LogP contribution is 2.25. The van der Waals surface area contributed by atoms with E-state index < -0.39 is 26.6 Å². The molecule has 0 saturated carbocycles. The zero-order chi connectivity index (χ0) is 23.4. The van der Waals surface area contributed by atoms with E-state index in [9.17, 15) is 17.6 Å². The number of sulfonamides is 1. The zero-order valence-electron chi connectivity index (χ0n) is 18.3. The van der Waals surface area contributed by atoms with E-state index in [2.05, 4.69) is 17.6 Å². The maximum absolute atomic E-state index is 14.3. The molecule has 1 fully saturated rings. The summed E-state index contributed by atoms with van der Waals surface area (Å²) in [6, 6.07) is 20.8. The van der Waals surface area contributed by atoms with Crippen LogP contribution in [0.1, 0.15) is 41.7 Å².